The number of hydrogen-bond donors (Lipinski definition) is 0. The van der Waals surface area contributed by atoms with E-state index in [1.807, 2.05) is 0 Å². The Morgan fingerprint density at radius 3 is 0.775 bits per heavy atom. The van der Waals surface area contributed by atoms with Crippen LogP contribution in [0.2, 0.25) is 0 Å². The SMILES string of the molecule is CC/C=C\C/C=C\C/C=C\C/C=C\C/C=C\C/C=C\C/C=C\CCCCCCCCCCCCCC(=O)OCC(COC(=O)CCCCCCCCCCCCCCCC)OC(=O)CCCCCCC/C=C\CCCCCCCC. The summed E-state index contributed by atoms with van der Waals surface area (Å²) in [5, 5.41) is 0. The Bertz CT molecular complexity index is 1560. The van der Waals surface area contributed by atoms with E-state index in [0.29, 0.717) is 19.3 Å². The first kappa shape index (κ1) is 76.3. The third-order valence-corrected chi connectivity index (χ3v) is 14.8. The average molecular weight is 1110 g/mol. The molecule has 0 amide bonds. The van der Waals surface area contributed by atoms with Gasteiger partial charge in [0.2, 0.25) is 0 Å². The molecule has 6 heteroatoms. The minimum atomic E-state index is -0.781. The van der Waals surface area contributed by atoms with Crippen LogP contribution in [0.5, 0.6) is 0 Å². The van der Waals surface area contributed by atoms with Gasteiger partial charge in [0, 0.05) is 19.3 Å². The van der Waals surface area contributed by atoms with Crippen molar-refractivity contribution in [3.05, 3.63) is 97.2 Å². The lowest BCUT2D eigenvalue weighted by Crippen LogP contribution is -2.30. The van der Waals surface area contributed by atoms with Gasteiger partial charge in [0.25, 0.3) is 0 Å². The van der Waals surface area contributed by atoms with Gasteiger partial charge in [-0.05, 0) is 103 Å². The topological polar surface area (TPSA) is 78.9 Å². The van der Waals surface area contributed by atoms with Gasteiger partial charge >= 0.3 is 17.9 Å². The lowest BCUT2D eigenvalue weighted by Gasteiger charge is -2.18. The highest BCUT2D eigenvalue weighted by molar-refractivity contribution is 5.71. The first-order valence-electron chi connectivity index (χ1n) is 34.2. The molecule has 0 radical (unpaired) electrons. The Hall–Kier alpha value is -3.67. The fourth-order valence-electron chi connectivity index (χ4n) is 9.71. The second-order valence-electron chi connectivity index (χ2n) is 22.7. The van der Waals surface area contributed by atoms with Crippen LogP contribution in [0.4, 0.5) is 0 Å². The van der Waals surface area contributed by atoms with Crippen molar-refractivity contribution in [2.24, 2.45) is 0 Å². The maximum absolute atomic E-state index is 12.9. The fourth-order valence-corrected chi connectivity index (χ4v) is 9.71. The summed E-state index contributed by atoms with van der Waals surface area (Å²) in [6, 6.07) is 0. The molecule has 0 aliphatic carbocycles. The summed E-state index contributed by atoms with van der Waals surface area (Å²) in [4.78, 5) is 38.3. The van der Waals surface area contributed by atoms with Crippen molar-refractivity contribution in [1.82, 2.24) is 0 Å². The largest absolute Gasteiger partial charge is 0.462 e. The van der Waals surface area contributed by atoms with E-state index in [1.165, 1.54) is 180 Å². The minimum Gasteiger partial charge on any atom is -0.462 e. The molecular formula is C74H128O6. The molecule has 0 aromatic rings. The number of allylic oxidation sites excluding steroid dienone is 16. The first-order valence-corrected chi connectivity index (χ1v) is 34.2. The zero-order valence-corrected chi connectivity index (χ0v) is 52.8. The molecule has 0 aliphatic rings. The van der Waals surface area contributed by atoms with Crippen molar-refractivity contribution in [3.63, 3.8) is 0 Å². The molecule has 0 rings (SSSR count). The van der Waals surface area contributed by atoms with Crippen LogP contribution in [0, 0.1) is 0 Å². The molecule has 0 aliphatic heterocycles. The zero-order valence-electron chi connectivity index (χ0n) is 52.8. The van der Waals surface area contributed by atoms with E-state index in [9.17, 15) is 14.4 Å². The number of carbonyl (C=O) groups is 3. The van der Waals surface area contributed by atoms with Crippen LogP contribution in [0.1, 0.15) is 335 Å². The Kier molecular flexibility index (Phi) is 64.7. The highest BCUT2D eigenvalue weighted by Gasteiger charge is 2.19. The maximum atomic E-state index is 12.9. The van der Waals surface area contributed by atoms with Crippen LogP contribution in [-0.4, -0.2) is 37.2 Å². The first-order chi connectivity index (χ1) is 39.5. The molecule has 460 valence electrons. The number of ether oxygens (including phenoxy) is 3. The van der Waals surface area contributed by atoms with Gasteiger partial charge in [-0.25, -0.2) is 0 Å². The van der Waals surface area contributed by atoms with Crippen molar-refractivity contribution in [3.8, 4) is 0 Å². The molecule has 0 heterocycles. The van der Waals surface area contributed by atoms with E-state index in [0.717, 1.165) is 116 Å². The van der Waals surface area contributed by atoms with Gasteiger partial charge < -0.3 is 14.2 Å². The molecule has 1 atom stereocenters. The second kappa shape index (κ2) is 67.8. The molecule has 0 fully saturated rings. The van der Waals surface area contributed by atoms with E-state index in [-0.39, 0.29) is 31.1 Å². The van der Waals surface area contributed by atoms with Crippen molar-refractivity contribution in [2.45, 2.75) is 341 Å². The van der Waals surface area contributed by atoms with E-state index >= 15 is 0 Å². The summed E-state index contributed by atoms with van der Waals surface area (Å²) in [6.45, 7) is 6.55. The minimum absolute atomic E-state index is 0.0769. The highest BCUT2D eigenvalue weighted by Crippen LogP contribution is 2.17. The third kappa shape index (κ3) is 65.1. The van der Waals surface area contributed by atoms with Crippen LogP contribution >= 0.6 is 0 Å². The average Bonchev–Trinajstić information content (AvgIpc) is 3.46. The summed E-state index contributed by atoms with van der Waals surface area (Å²) in [5.41, 5.74) is 0. The van der Waals surface area contributed by atoms with Gasteiger partial charge in [0.1, 0.15) is 13.2 Å². The zero-order chi connectivity index (χ0) is 57.8. The van der Waals surface area contributed by atoms with E-state index in [2.05, 4.69) is 118 Å². The van der Waals surface area contributed by atoms with Crippen molar-refractivity contribution < 1.29 is 28.6 Å². The molecule has 0 saturated carbocycles. The molecule has 0 aromatic carbocycles. The van der Waals surface area contributed by atoms with Gasteiger partial charge in [0.05, 0.1) is 0 Å². The Morgan fingerprint density at radius 2 is 0.487 bits per heavy atom. The number of rotatable bonds is 62. The van der Waals surface area contributed by atoms with Crippen LogP contribution < -0.4 is 0 Å². The van der Waals surface area contributed by atoms with Crippen molar-refractivity contribution in [2.75, 3.05) is 13.2 Å². The van der Waals surface area contributed by atoms with Crippen LogP contribution in [0.3, 0.4) is 0 Å². The van der Waals surface area contributed by atoms with E-state index in [4.69, 9.17) is 14.2 Å². The quantitative estimate of drug-likeness (QED) is 0.0261. The van der Waals surface area contributed by atoms with E-state index < -0.39 is 6.10 Å². The summed E-state index contributed by atoms with van der Waals surface area (Å²) >= 11 is 0. The molecular weight excluding hydrogens is 985 g/mol. The predicted molar refractivity (Wildman–Crippen MR) is 348 cm³/mol. The summed E-state index contributed by atoms with van der Waals surface area (Å²) in [5.74, 6) is -0.874. The maximum Gasteiger partial charge on any atom is 0.306 e. The molecule has 1 unspecified atom stereocenters. The second-order valence-corrected chi connectivity index (χ2v) is 22.7. The third-order valence-electron chi connectivity index (χ3n) is 14.8. The summed E-state index contributed by atoms with van der Waals surface area (Å²) in [7, 11) is 0. The molecule has 0 N–H and O–H groups in total. The van der Waals surface area contributed by atoms with Crippen molar-refractivity contribution in [1.29, 1.82) is 0 Å². The molecule has 0 aromatic heterocycles. The summed E-state index contributed by atoms with van der Waals surface area (Å²) in [6.07, 6.45) is 91.4. The fraction of sp³-hybridized carbons (Fsp3) is 0.743. The van der Waals surface area contributed by atoms with Gasteiger partial charge in [0.15, 0.2) is 6.10 Å². The molecule has 0 bridgehead atoms. The Labute approximate surface area is 496 Å². The molecule has 80 heavy (non-hydrogen) atoms. The number of esters is 3. The lowest BCUT2D eigenvalue weighted by molar-refractivity contribution is -0.167. The lowest BCUT2D eigenvalue weighted by atomic mass is 10.0. The Morgan fingerprint density at radius 1 is 0.263 bits per heavy atom. The van der Waals surface area contributed by atoms with Crippen LogP contribution in [0.25, 0.3) is 0 Å². The van der Waals surface area contributed by atoms with Gasteiger partial charge in [-0.2, -0.15) is 0 Å². The summed E-state index contributed by atoms with van der Waals surface area (Å²) < 4.78 is 16.9. The van der Waals surface area contributed by atoms with Gasteiger partial charge in [-0.15, -0.1) is 0 Å². The number of carbonyl (C=O) groups excluding carboxylic acids is 3. The molecule has 0 spiro atoms. The van der Waals surface area contributed by atoms with Crippen LogP contribution in [-0.2, 0) is 28.6 Å². The smallest absolute Gasteiger partial charge is 0.306 e. The van der Waals surface area contributed by atoms with E-state index in [1.54, 1.807) is 0 Å². The predicted octanol–water partition coefficient (Wildman–Crippen LogP) is 23.6. The normalized spacial score (nSPS) is 12.7. The number of unbranched alkanes of at least 4 members (excludes halogenated alkanes) is 35. The van der Waals surface area contributed by atoms with Gasteiger partial charge in [-0.3, -0.25) is 14.4 Å². The monoisotopic (exact) mass is 1110 g/mol. The highest BCUT2D eigenvalue weighted by atomic mass is 16.6. The Balaban J connectivity index is 4.22. The standard InChI is InChI=1S/C74H128O6/c1-4-7-10-13-16-19-22-25-28-29-30-31-32-33-34-35-36-37-38-39-40-41-42-43-44-45-47-49-52-55-58-61-64-67-73(76)79-70-71(69-78-72(75)66-63-60-57-54-51-48-27-24-21-18-15-12-9-6-3)80-74(77)68-65-62-59-56-53-50-46-26-23-20-17-14-11-8-5-2/h7,10,16,19,25-26,28,30-31,33-34,36-37,39-40,46,71H,4-6,8-9,11-15,17-18,20-24,27,29,32,35,38,41-45,47-70H2,1-3H3/b10-7-,19-16-,28-25-,31-30-,34-33-,37-36-,40-39-,46-26-. The van der Waals surface area contributed by atoms with Gasteiger partial charge in [-0.1, -0.05) is 311 Å². The molecule has 6 nitrogen and oxygen atoms in total. The van der Waals surface area contributed by atoms with Crippen molar-refractivity contribution >= 4 is 17.9 Å². The van der Waals surface area contributed by atoms with Crippen LogP contribution in [0.15, 0.2) is 97.2 Å². The molecule has 0 saturated heterocycles. The number of hydrogen-bond acceptors (Lipinski definition) is 6.